The monoisotopic (exact) mass is 442 g/mol. The van der Waals surface area contributed by atoms with Crippen LogP contribution in [0.3, 0.4) is 0 Å². The van der Waals surface area contributed by atoms with Crippen LogP contribution < -0.4 is 16.8 Å². The molecule has 1 aromatic carbocycles. The van der Waals surface area contributed by atoms with Crippen molar-refractivity contribution < 1.29 is 4.79 Å². The first kappa shape index (κ1) is 21.9. The van der Waals surface area contributed by atoms with E-state index in [1.807, 2.05) is 24.3 Å². The van der Waals surface area contributed by atoms with Gasteiger partial charge >= 0.3 is 0 Å². The molecule has 1 aliphatic rings. The molecule has 0 bridgehead atoms. The van der Waals surface area contributed by atoms with E-state index >= 15 is 0 Å². The minimum Gasteiger partial charge on any atom is -0.404 e. The van der Waals surface area contributed by atoms with Crippen LogP contribution in [0.2, 0.25) is 0 Å². The number of aryl methyl sites for hydroxylation is 1. The molecular formula is C24H26N8O. The standard InChI is InChI=1S/C24H26N8O/c1-16(4-5-18(12-25)21-29-15-30-32(21)2)31-22(33)24(10-3-11-24)20-8-6-17(7-9-20)19-13-27-23(26)28-14-19/h4-9,12-15H,1,3,10-11,25H2,2H3,(H,31,33)(H2,26,27,28)/b5-4-,18-12+. The number of carbonyl (C=O) groups is 1. The van der Waals surface area contributed by atoms with Crippen molar-refractivity contribution >= 4 is 17.4 Å². The summed E-state index contributed by atoms with van der Waals surface area (Å²) in [6, 6.07) is 7.94. The number of allylic oxidation sites excluding steroid dienone is 3. The Morgan fingerprint density at radius 3 is 2.36 bits per heavy atom. The summed E-state index contributed by atoms with van der Waals surface area (Å²) in [6.07, 6.45) is 12.3. The molecule has 0 aliphatic heterocycles. The van der Waals surface area contributed by atoms with Gasteiger partial charge in [-0.05, 0) is 36.1 Å². The van der Waals surface area contributed by atoms with E-state index in [2.05, 4.69) is 31.9 Å². The van der Waals surface area contributed by atoms with Gasteiger partial charge in [0.2, 0.25) is 11.9 Å². The van der Waals surface area contributed by atoms with Gasteiger partial charge in [-0.25, -0.2) is 19.6 Å². The number of nitrogens with one attached hydrogen (secondary N) is 1. The Balaban J connectivity index is 1.46. The molecule has 33 heavy (non-hydrogen) atoms. The van der Waals surface area contributed by atoms with Gasteiger partial charge in [0.1, 0.15) is 6.33 Å². The summed E-state index contributed by atoms with van der Waals surface area (Å²) in [5.41, 5.74) is 14.7. The first-order valence-corrected chi connectivity index (χ1v) is 10.6. The van der Waals surface area contributed by atoms with E-state index in [1.54, 1.807) is 36.3 Å². The van der Waals surface area contributed by atoms with Gasteiger partial charge in [0.05, 0.1) is 5.41 Å². The predicted molar refractivity (Wildman–Crippen MR) is 127 cm³/mol. The van der Waals surface area contributed by atoms with E-state index in [-0.39, 0.29) is 11.9 Å². The molecule has 1 amide bonds. The highest BCUT2D eigenvalue weighted by Crippen LogP contribution is 2.44. The summed E-state index contributed by atoms with van der Waals surface area (Å²) in [5.74, 6) is 0.791. The maximum atomic E-state index is 13.2. The van der Waals surface area contributed by atoms with Crippen molar-refractivity contribution in [1.82, 2.24) is 30.0 Å². The number of hydrogen-bond acceptors (Lipinski definition) is 7. The number of amides is 1. The summed E-state index contributed by atoms with van der Waals surface area (Å²) in [7, 11) is 1.78. The number of nitrogens with zero attached hydrogens (tertiary/aromatic N) is 5. The molecule has 1 fully saturated rings. The second-order valence-electron chi connectivity index (χ2n) is 7.98. The number of anilines is 1. The molecule has 2 aromatic heterocycles. The largest absolute Gasteiger partial charge is 0.404 e. The minimum atomic E-state index is -0.566. The number of nitrogens with two attached hydrogens (primary N) is 2. The van der Waals surface area contributed by atoms with Gasteiger partial charge in [-0.3, -0.25) is 4.79 Å². The second-order valence-corrected chi connectivity index (χ2v) is 7.98. The van der Waals surface area contributed by atoms with Crippen molar-refractivity contribution in [2.45, 2.75) is 24.7 Å². The highest BCUT2D eigenvalue weighted by atomic mass is 16.2. The van der Waals surface area contributed by atoms with Crippen molar-refractivity contribution in [3.63, 3.8) is 0 Å². The summed E-state index contributed by atoms with van der Waals surface area (Å²) in [5, 5.41) is 6.99. The van der Waals surface area contributed by atoms with E-state index in [9.17, 15) is 4.79 Å². The Kier molecular flexibility index (Phi) is 6.03. The lowest BCUT2D eigenvalue weighted by molar-refractivity contribution is -0.129. The third-order valence-corrected chi connectivity index (χ3v) is 5.97. The van der Waals surface area contributed by atoms with Crippen molar-refractivity contribution in [1.29, 1.82) is 0 Å². The first-order chi connectivity index (χ1) is 15.9. The fourth-order valence-electron chi connectivity index (χ4n) is 3.91. The molecule has 0 unspecified atom stereocenters. The summed E-state index contributed by atoms with van der Waals surface area (Å²) in [6.45, 7) is 3.98. The van der Waals surface area contributed by atoms with Crippen LogP contribution in [-0.4, -0.2) is 30.6 Å². The third-order valence-electron chi connectivity index (χ3n) is 5.97. The zero-order chi connectivity index (χ0) is 23.4. The molecule has 0 spiro atoms. The topological polar surface area (TPSA) is 138 Å². The smallest absolute Gasteiger partial charge is 0.235 e. The van der Waals surface area contributed by atoms with Crippen LogP contribution in [0.1, 0.15) is 30.7 Å². The van der Waals surface area contributed by atoms with Gasteiger partial charge in [0, 0.05) is 42.5 Å². The highest BCUT2D eigenvalue weighted by Gasteiger charge is 2.45. The number of aromatic nitrogens is 5. The molecule has 1 saturated carbocycles. The molecule has 4 rings (SSSR count). The average Bonchev–Trinajstić information content (AvgIpc) is 3.20. The molecule has 9 heteroatoms. The molecule has 0 atom stereocenters. The maximum absolute atomic E-state index is 13.2. The van der Waals surface area contributed by atoms with Crippen LogP contribution in [0, 0.1) is 0 Å². The van der Waals surface area contributed by atoms with Crippen LogP contribution in [0.25, 0.3) is 16.7 Å². The molecule has 2 heterocycles. The third kappa shape index (κ3) is 4.38. The van der Waals surface area contributed by atoms with Crippen molar-refractivity contribution in [3.05, 3.63) is 85.0 Å². The Bertz CT molecular complexity index is 1220. The Hall–Kier alpha value is -4.27. The van der Waals surface area contributed by atoms with Crippen LogP contribution in [0.5, 0.6) is 0 Å². The normalized spacial score (nSPS) is 15.2. The molecule has 0 radical (unpaired) electrons. The fraction of sp³-hybridized carbons (Fsp3) is 0.208. The minimum absolute atomic E-state index is 0.0658. The van der Waals surface area contributed by atoms with Gasteiger partial charge < -0.3 is 16.8 Å². The average molecular weight is 443 g/mol. The van der Waals surface area contributed by atoms with E-state index in [0.717, 1.165) is 36.0 Å². The lowest BCUT2D eigenvalue weighted by atomic mass is 9.63. The SMILES string of the molecule is C=C(/C=C\C(=C/N)c1ncnn1C)NC(=O)C1(c2ccc(-c3cnc(N)nc3)cc2)CCC1. The van der Waals surface area contributed by atoms with Gasteiger partial charge in [-0.2, -0.15) is 5.10 Å². The number of carbonyl (C=O) groups excluding carboxylic acids is 1. The van der Waals surface area contributed by atoms with E-state index in [0.29, 0.717) is 17.1 Å². The number of hydrogen-bond donors (Lipinski definition) is 3. The van der Waals surface area contributed by atoms with Gasteiger partial charge in [0.25, 0.3) is 0 Å². The van der Waals surface area contributed by atoms with E-state index < -0.39 is 5.41 Å². The quantitative estimate of drug-likeness (QED) is 0.478. The van der Waals surface area contributed by atoms with Crippen LogP contribution in [-0.2, 0) is 17.3 Å². The zero-order valence-electron chi connectivity index (χ0n) is 18.4. The number of rotatable bonds is 7. The molecule has 1 aliphatic carbocycles. The Morgan fingerprint density at radius 2 is 1.82 bits per heavy atom. The molecule has 0 saturated heterocycles. The fourth-order valence-corrected chi connectivity index (χ4v) is 3.91. The number of nitrogen functional groups attached to an aromatic ring is 1. The van der Waals surface area contributed by atoms with Gasteiger partial charge in [-0.1, -0.05) is 37.3 Å². The van der Waals surface area contributed by atoms with E-state index in [1.165, 1.54) is 12.5 Å². The lowest BCUT2D eigenvalue weighted by Gasteiger charge is -2.40. The molecule has 168 valence electrons. The van der Waals surface area contributed by atoms with Crippen molar-refractivity contribution in [2.75, 3.05) is 5.73 Å². The molecule has 5 N–H and O–H groups in total. The molecule has 3 aromatic rings. The predicted octanol–water partition coefficient (Wildman–Crippen LogP) is 2.46. The first-order valence-electron chi connectivity index (χ1n) is 10.6. The van der Waals surface area contributed by atoms with Crippen molar-refractivity contribution in [3.8, 4) is 11.1 Å². The van der Waals surface area contributed by atoms with Crippen LogP contribution in [0.15, 0.2) is 73.6 Å². The molecule has 9 nitrogen and oxygen atoms in total. The maximum Gasteiger partial charge on any atom is 0.235 e. The lowest BCUT2D eigenvalue weighted by Crippen LogP contribution is -2.48. The van der Waals surface area contributed by atoms with Gasteiger partial charge in [-0.15, -0.1) is 0 Å². The second kappa shape index (κ2) is 9.07. The highest BCUT2D eigenvalue weighted by molar-refractivity contribution is 5.91. The van der Waals surface area contributed by atoms with Gasteiger partial charge in [0.15, 0.2) is 5.82 Å². The van der Waals surface area contributed by atoms with E-state index in [4.69, 9.17) is 11.5 Å². The number of benzene rings is 1. The summed E-state index contributed by atoms with van der Waals surface area (Å²) < 4.78 is 1.62. The summed E-state index contributed by atoms with van der Waals surface area (Å²) >= 11 is 0. The summed E-state index contributed by atoms with van der Waals surface area (Å²) in [4.78, 5) is 25.5. The van der Waals surface area contributed by atoms with Crippen LogP contribution >= 0.6 is 0 Å². The Morgan fingerprint density at radius 1 is 1.12 bits per heavy atom. The van der Waals surface area contributed by atoms with Crippen LogP contribution in [0.4, 0.5) is 5.95 Å². The van der Waals surface area contributed by atoms with Crippen molar-refractivity contribution in [2.24, 2.45) is 12.8 Å². The molecular weight excluding hydrogens is 416 g/mol. The zero-order valence-corrected chi connectivity index (χ0v) is 18.4. The Labute approximate surface area is 192 Å².